The summed E-state index contributed by atoms with van der Waals surface area (Å²) in [7, 11) is 0. The second-order valence-corrected chi connectivity index (χ2v) is 6.15. The first-order valence-corrected chi connectivity index (χ1v) is 6.98. The monoisotopic (exact) mass is 261 g/mol. The van der Waals surface area contributed by atoms with Gasteiger partial charge in [-0.2, -0.15) is 0 Å². The Morgan fingerprint density at radius 3 is 2.26 bits per heavy atom. The zero-order chi connectivity index (χ0) is 13.9. The number of hydrogen-bond acceptors (Lipinski definition) is 2. The smallest absolute Gasteiger partial charge is 0.410 e. The van der Waals surface area contributed by atoms with Crippen LogP contribution in [0.4, 0.5) is 4.79 Å². The molecule has 1 amide bonds. The fourth-order valence-electron chi connectivity index (χ4n) is 2.45. The van der Waals surface area contributed by atoms with Crippen molar-refractivity contribution in [1.82, 2.24) is 4.90 Å². The lowest BCUT2D eigenvalue weighted by Crippen LogP contribution is -2.41. The van der Waals surface area contributed by atoms with Gasteiger partial charge in [0.25, 0.3) is 0 Å². The minimum atomic E-state index is -0.409. The number of nitrogens with zero attached hydrogens (tertiary/aromatic N) is 1. The van der Waals surface area contributed by atoms with E-state index in [1.54, 1.807) is 0 Å². The summed E-state index contributed by atoms with van der Waals surface area (Å²) in [6, 6.07) is 10.5. The average molecular weight is 261 g/mol. The Labute approximate surface area is 115 Å². The topological polar surface area (TPSA) is 29.5 Å². The number of carbonyl (C=O) groups excluding carboxylic acids is 1. The Bertz CT molecular complexity index is 414. The van der Waals surface area contributed by atoms with Gasteiger partial charge in [-0.05, 0) is 45.1 Å². The van der Waals surface area contributed by atoms with Crippen molar-refractivity contribution in [2.24, 2.45) is 0 Å². The molecule has 0 aromatic heterocycles. The lowest BCUT2D eigenvalue weighted by atomic mass is 9.90. The number of likely N-dealkylation sites (tertiary alicyclic amines) is 1. The van der Waals surface area contributed by atoms with E-state index in [0.29, 0.717) is 5.92 Å². The van der Waals surface area contributed by atoms with Gasteiger partial charge in [-0.25, -0.2) is 4.79 Å². The molecule has 1 heterocycles. The standard InChI is InChI=1S/C16H23NO2/c1-16(2,3)19-15(18)17-11-9-14(10-12-17)13-7-5-4-6-8-13/h4-8,14H,9-12H2,1-3H3. The van der Waals surface area contributed by atoms with Crippen LogP contribution in [0.2, 0.25) is 0 Å². The summed E-state index contributed by atoms with van der Waals surface area (Å²) < 4.78 is 5.41. The third-order valence-electron chi connectivity index (χ3n) is 3.42. The maximum Gasteiger partial charge on any atom is 0.410 e. The van der Waals surface area contributed by atoms with Crippen LogP contribution in [-0.4, -0.2) is 29.7 Å². The summed E-state index contributed by atoms with van der Waals surface area (Å²) in [6.07, 6.45) is 1.85. The lowest BCUT2D eigenvalue weighted by molar-refractivity contribution is 0.0205. The Kier molecular flexibility index (Phi) is 4.13. The normalized spacial score (nSPS) is 17.3. The molecule has 1 fully saturated rings. The van der Waals surface area contributed by atoms with Crippen LogP contribution in [0.25, 0.3) is 0 Å². The van der Waals surface area contributed by atoms with Crippen molar-refractivity contribution in [3.05, 3.63) is 35.9 Å². The Morgan fingerprint density at radius 2 is 1.74 bits per heavy atom. The van der Waals surface area contributed by atoms with Gasteiger partial charge < -0.3 is 9.64 Å². The van der Waals surface area contributed by atoms with Gasteiger partial charge in [-0.1, -0.05) is 30.3 Å². The van der Waals surface area contributed by atoms with E-state index in [0.717, 1.165) is 25.9 Å². The molecule has 19 heavy (non-hydrogen) atoms. The van der Waals surface area contributed by atoms with Crippen molar-refractivity contribution >= 4 is 6.09 Å². The van der Waals surface area contributed by atoms with E-state index in [1.165, 1.54) is 5.56 Å². The summed E-state index contributed by atoms with van der Waals surface area (Å²) in [5.41, 5.74) is 0.972. The number of carbonyl (C=O) groups is 1. The molecular weight excluding hydrogens is 238 g/mol. The van der Waals surface area contributed by atoms with E-state index < -0.39 is 5.60 Å². The predicted molar refractivity (Wildman–Crippen MR) is 76.2 cm³/mol. The first-order valence-electron chi connectivity index (χ1n) is 6.98. The van der Waals surface area contributed by atoms with E-state index in [2.05, 4.69) is 24.3 Å². The summed E-state index contributed by atoms with van der Waals surface area (Å²) >= 11 is 0. The largest absolute Gasteiger partial charge is 0.444 e. The number of rotatable bonds is 1. The lowest BCUT2D eigenvalue weighted by Gasteiger charge is -2.33. The van der Waals surface area contributed by atoms with E-state index in [1.807, 2.05) is 31.7 Å². The van der Waals surface area contributed by atoms with E-state index in [4.69, 9.17) is 4.74 Å². The number of benzene rings is 1. The minimum absolute atomic E-state index is 0.181. The molecule has 3 heteroatoms. The first kappa shape index (κ1) is 13.9. The number of piperidine rings is 1. The molecule has 0 spiro atoms. The SMILES string of the molecule is CC(C)(C)OC(=O)N1CCC(c2ccccc2)CC1. The van der Waals surface area contributed by atoms with Gasteiger partial charge in [0.05, 0.1) is 0 Å². The highest BCUT2D eigenvalue weighted by Crippen LogP contribution is 2.28. The molecule has 1 saturated heterocycles. The predicted octanol–water partition coefficient (Wildman–Crippen LogP) is 3.80. The molecular formula is C16H23NO2. The van der Waals surface area contributed by atoms with Crippen LogP contribution in [0.15, 0.2) is 30.3 Å². The molecule has 3 nitrogen and oxygen atoms in total. The van der Waals surface area contributed by atoms with Gasteiger partial charge in [0.2, 0.25) is 0 Å². The third-order valence-corrected chi connectivity index (χ3v) is 3.42. The number of amides is 1. The molecule has 1 aromatic carbocycles. The fraction of sp³-hybridized carbons (Fsp3) is 0.562. The molecule has 1 aliphatic rings. The van der Waals surface area contributed by atoms with Gasteiger partial charge in [-0.15, -0.1) is 0 Å². The summed E-state index contributed by atoms with van der Waals surface area (Å²) in [5, 5.41) is 0. The molecule has 0 aliphatic carbocycles. The van der Waals surface area contributed by atoms with Crippen molar-refractivity contribution in [3.8, 4) is 0 Å². The van der Waals surface area contributed by atoms with Crippen LogP contribution in [0.5, 0.6) is 0 Å². The summed E-state index contributed by atoms with van der Waals surface area (Å²) in [4.78, 5) is 13.8. The zero-order valence-electron chi connectivity index (χ0n) is 12.1. The highest BCUT2D eigenvalue weighted by Gasteiger charge is 2.27. The average Bonchev–Trinajstić information content (AvgIpc) is 2.38. The van der Waals surface area contributed by atoms with Crippen LogP contribution in [0.3, 0.4) is 0 Å². The molecule has 0 radical (unpaired) electrons. The van der Waals surface area contributed by atoms with Gasteiger partial charge in [0, 0.05) is 13.1 Å². The van der Waals surface area contributed by atoms with Crippen LogP contribution < -0.4 is 0 Å². The van der Waals surface area contributed by atoms with E-state index in [9.17, 15) is 4.79 Å². The van der Waals surface area contributed by atoms with Crippen molar-refractivity contribution in [1.29, 1.82) is 0 Å². The number of hydrogen-bond donors (Lipinski definition) is 0. The van der Waals surface area contributed by atoms with Crippen molar-refractivity contribution in [3.63, 3.8) is 0 Å². The maximum atomic E-state index is 12.0. The first-order chi connectivity index (χ1) is 8.96. The number of ether oxygens (including phenoxy) is 1. The van der Waals surface area contributed by atoms with E-state index in [-0.39, 0.29) is 6.09 Å². The molecule has 0 N–H and O–H groups in total. The van der Waals surface area contributed by atoms with Crippen LogP contribution in [0.1, 0.15) is 45.1 Å². The molecule has 104 valence electrons. The Hall–Kier alpha value is -1.51. The molecule has 0 saturated carbocycles. The quantitative estimate of drug-likeness (QED) is 0.769. The molecule has 0 unspecified atom stereocenters. The highest BCUT2D eigenvalue weighted by atomic mass is 16.6. The van der Waals surface area contributed by atoms with Crippen molar-refractivity contribution in [2.45, 2.75) is 45.1 Å². The van der Waals surface area contributed by atoms with Crippen molar-refractivity contribution in [2.75, 3.05) is 13.1 Å². The van der Waals surface area contributed by atoms with Crippen LogP contribution in [0, 0.1) is 0 Å². The van der Waals surface area contributed by atoms with Gasteiger partial charge in [0.15, 0.2) is 0 Å². The zero-order valence-corrected chi connectivity index (χ0v) is 12.1. The summed E-state index contributed by atoms with van der Waals surface area (Å²) in [6.45, 7) is 7.29. The van der Waals surface area contributed by atoms with Crippen LogP contribution in [-0.2, 0) is 4.74 Å². The summed E-state index contributed by atoms with van der Waals surface area (Å²) in [5.74, 6) is 0.569. The third kappa shape index (κ3) is 3.98. The fourth-order valence-corrected chi connectivity index (χ4v) is 2.45. The minimum Gasteiger partial charge on any atom is -0.444 e. The second kappa shape index (κ2) is 5.64. The Balaban J connectivity index is 1.88. The highest BCUT2D eigenvalue weighted by molar-refractivity contribution is 5.68. The Morgan fingerprint density at radius 1 is 1.16 bits per heavy atom. The van der Waals surface area contributed by atoms with Crippen molar-refractivity contribution < 1.29 is 9.53 Å². The van der Waals surface area contributed by atoms with Gasteiger partial charge >= 0.3 is 6.09 Å². The second-order valence-electron chi connectivity index (χ2n) is 6.15. The molecule has 2 rings (SSSR count). The van der Waals surface area contributed by atoms with E-state index >= 15 is 0 Å². The van der Waals surface area contributed by atoms with Gasteiger partial charge in [0.1, 0.15) is 5.60 Å². The molecule has 0 atom stereocenters. The van der Waals surface area contributed by atoms with Crippen LogP contribution >= 0.6 is 0 Å². The van der Waals surface area contributed by atoms with Gasteiger partial charge in [-0.3, -0.25) is 0 Å². The maximum absolute atomic E-state index is 12.0. The molecule has 1 aromatic rings. The molecule has 1 aliphatic heterocycles. The molecule has 0 bridgehead atoms.